The number of hydrogen-bond donors (Lipinski definition) is 2. The van der Waals surface area contributed by atoms with E-state index in [9.17, 15) is 9.59 Å². The van der Waals surface area contributed by atoms with Gasteiger partial charge < -0.3 is 10.4 Å². The van der Waals surface area contributed by atoms with Gasteiger partial charge in [0.05, 0.1) is 11.3 Å². The van der Waals surface area contributed by atoms with Gasteiger partial charge in [-0.25, -0.2) is 0 Å². The van der Waals surface area contributed by atoms with Crippen LogP contribution >= 0.6 is 11.6 Å². The summed E-state index contributed by atoms with van der Waals surface area (Å²) in [6, 6.07) is 5.07. The number of benzene rings is 1. The van der Waals surface area contributed by atoms with Crippen molar-refractivity contribution in [3.8, 4) is 0 Å². The average molecular weight is 238 g/mol. The highest BCUT2D eigenvalue weighted by molar-refractivity contribution is 6.31. The van der Waals surface area contributed by atoms with Gasteiger partial charge in [-0.3, -0.25) is 9.59 Å². The van der Waals surface area contributed by atoms with Crippen LogP contribution in [0.2, 0.25) is 5.02 Å². The smallest absolute Gasteiger partial charge is 0.307 e. The monoisotopic (exact) mass is 237 g/mol. The molecule has 0 radical (unpaired) electrons. The van der Waals surface area contributed by atoms with E-state index in [2.05, 4.69) is 5.32 Å². The van der Waals surface area contributed by atoms with Gasteiger partial charge in [-0.2, -0.15) is 0 Å². The quantitative estimate of drug-likeness (QED) is 0.780. The third-order valence-corrected chi connectivity index (χ3v) is 3.61. The van der Waals surface area contributed by atoms with Crippen LogP contribution in [0, 0.1) is 5.92 Å². The highest BCUT2D eigenvalue weighted by Crippen LogP contribution is 2.60. The molecule has 1 aliphatic carbocycles. The first-order valence-corrected chi connectivity index (χ1v) is 5.28. The van der Waals surface area contributed by atoms with Crippen LogP contribution in [0.25, 0.3) is 0 Å². The molecule has 2 aliphatic rings. The average Bonchev–Trinajstić information content (AvgIpc) is 2.88. The molecular formula is C11H8ClNO3. The minimum absolute atomic E-state index is 0.225. The largest absolute Gasteiger partial charge is 0.481 e. The van der Waals surface area contributed by atoms with E-state index in [4.69, 9.17) is 16.7 Å². The molecule has 0 aromatic heterocycles. The van der Waals surface area contributed by atoms with Crippen molar-refractivity contribution in [2.45, 2.75) is 11.8 Å². The Hall–Kier alpha value is -1.55. The summed E-state index contributed by atoms with van der Waals surface area (Å²) in [5, 5.41) is 12.2. The number of carbonyl (C=O) groups is 2. The lowest BCUT2D eigenvalue weighted by Gasteiger charge is -2.05. The maximum absolute atomic E-state index is 11.8. The molecule has 1 amide bonds. The summed E-state index contributed by atoms with van der Waals surface area (Å²) in [4.78, 5) is 22.8. The van der Waals surface area contributed by atoms with E-state index < -0.39 is 17.3 Å². The summed E-state index contributed by atoms with van der Waals surface area (Å²) in [5.41, 5.74) is 0.557. The van der Waals surface area contributed by atoms with Crippen molar-refractivity contribution in [2.24, 2.45) is 5.92 Å². The molecule has 1 fully saturated rings. The molecule has 5 heteroatoms. The number of carboxylic acids is 1. The molecular weight excluding hydrogens is 230 g/mol. The lowest BCUT2D eigenvalue weighted by Crippen LogP contribution is -2.23. The number of nitrogens with one attached hydrogen (secondary N) is 1. The molecule has 2 N–H and O–H groups in total. The minimum atomic E-state index is -0.919. The minimum Gasteiger partial charge on any atom is -0.481 e. The van der Waals surface area contributed by atoms with Gasteiger partial charge in [-0.1, -0.05) is 17.7 Å². The first-order chi connectivity index (χ1) is 7.55. The number of hydrogen-bond acceptors (Lipinski definition) is 2. The van der Waals surface area contributed by atoms with Crippen LogP contribution in [0.4, 0.5) is 5.69 Å². The van der Waals surface area contributed by atoms with E-state index in [-0.39, 0.29) is 5.91 Å². The van der Waals surface area contributed by atoms with Crippen molar-refractivity contribution in [3.63, 3.8) is 0 Å². The lowest BCUT2D eigenvalue weighted by atomic mass is 9.95. The molecule has 0 bridgehead atoms. The highest BCUT2D eigenvalue weighted by atomic mass is 35.5. The lowest BCUT2D eigenvalue weighted by molar-refractivity contribution is -0.140. The van der Waals surface area contributed by atoms with Gasteiger partial charge in [-0.15, -0.1) is 0 Å². The maximum atomic E-state index is 11.8. The second-order valence-corrected chi connectivity index (χ2v) is 4.65. The number of rotatable bonds is 1. The zero-order chi connectivity index (χ0) is 11.5. The summed E-state index contributed by atoms with van der Waals surface area (Å²) in [6.07, 6.45) is 0.378. The van der Waals surface area contributed by atoms with Crippen molar-refractivity contribution in [1.29, 1.82) is 0 Å². The Balaban J connectivity index is 2.12. The van der Waals surface area contributed by atoms with Gasteiger partial charge >= 0.3 is 5.97 Å². The Morgan fingerprint density at radius 2 is 2.31 bits per heavy atom. The summed E-state index contributed by atoms with van der Waals surface area (Å²) >= 11 is 5.82. The Labute approximate surface area is 96.2 Å². The second-order valence-electron chi connectivity index (χ2n) is 4.21. The highest BCUT2D eigenvalue weighted by Gasteiger charge is 2.68. The van der Waals surface area contributed by atoms with E-state index in [0.29, 0.717) is 17.1 Å². The third kappa shape index (κ3) is 0.998. The van der Waals surface area contributed by atoms with Crippen LogP contribution < -0.4 is 5.32 Å². The Morgan fingerprint density at radius 3 is 2.94 bits per heavy atom. The maximum Gasteiger partial charge on any atom is 0.307 e. The molecule has 1 spiro atoms. The Morgan fingerprint density at radius 1 is 1.56 bits per heavy atom. The molecule has 3 rings (SSSR count). The molecule has 1 aliphatic heterocycles. The van der Waals surface area contributed by atoms with Crippen LogP contribution in [0.5, 0.6) is 0 Å². The van der Waals surface area contributed by atoms with E-state index in [1.165, 1.54) is 0 Å². The summed E-state index contributed by atoms with van der Waals surface area (Å²) < 4.78 is 0. The zero-order valence-electron chi connectivity index (χ0n) is 8.16. The van der Waals surface area contributed by atoms with E-state index >= 15 is 0 Å². The standard InChI is InChI=1S/C11H8ClNO3/c12-5-1-2-6-8(3-5)13-10(16)11(6)4-7(11)9(14)15/h1-3,7H,4H2,(H,13,16)(H,14,15). The summed E-state index contributed by atoms with van der Waals surface area (Å²) in [6.45, 7) is 0. The fraction of sp³-hybridized carbons (Fsp3) is 0.273. The zero-order valence-corrected chi connectivity index (χ0v) is 8.91. The number of amides is 1. The first kappa shape index (κ1) is 9.66. The normalized spacial score (nSPS) is 30.1. The molecule has 16 heavy (non-hydrogen) atoms. The molecule has 2 atom stereocenters. The third-order valence-electron chi connectivity index (χ3n) is 3.37. The van der Waals surface area contributed by atoms with Crippen LogP contribution in [-0.2, 0) is 15.0 Å². The van der Waals surface area contributed by atoms with Crippen molar-refractivity contribution >= 4 is 29.2 Å². The SMILES string of the molecule is O=C(O)C1CC12C(=O)Nc1cc(Cl)ccc12. The number of aliphatic carboxylic acids is 1. The van der Waals surface area contributed by atoms with Gasteiger partial charge in [0.15, 0.2) is 0 Å². The molecule has 1 aromatic carbocycles. The van der Waals surface area contributed by atoms with Crippen LogP contribution in [0.1, 0.15) is 12.0 Å². The molecule has 1 heterocycles. The van der Waals surface area contributed by atoms with Crippen LogP contribution in [0.15, 0.2) is 18.2 Å². The van der Waals surface area contributed by atoms with Gasteiger partial charge in [0.1, 0.15) is 0 Å². The van der Waals surface area contributed by atoms with Crippen molar-refractivity contribution in [1.82, 2.24) is 0 Å². The van der Waals surface area contributed by atoms with Crippen LogP contribution in [0.3, 0.4) is 0 Å². The van der Waals surface area contributed by atoms with Gasteiger partial charge in [-0.05, 0) is 24.1 Å². The van der Waals surface area contributed by atoms with E-state index in [0.717, 1.165) is 5.56 Å². The predicted molar refractivity (Wildman–Crippen MR) is 57.5 cm³/mol. The fourth-order valence-corrected chi connectivity index (χ4v) is 2.65. The Kier molecular flexibility index (Phi) is 1.67. The summed E-state index contributed by atoms with van der Waals surface area (Å²) in [5.74, 6) is -1.75. The predicted octanol–water partition coefficient (Wildman–Crippen LogP) is 1.63. The van der Waals surface area contributed by atoms with Crippen molar-refractivity contribution in [2.75, 3.05) is 5.32 Å². The summed E-state index contributed by atoms with van der Waals surface area (Å²) in [7, 11) is 0. The molecule has 0 saturated heterocycles. The number of carbonyl (C=O) groups excluding carboxylic acids is 1. The first-order valence-electron chi connectivity index (χ1n) is 4.90. The molecule has 4 nitrogen and oxygen atoms in total. The molecule has 2 unspecified atom stereocenters. The van der Waals surface area contributed by atoms with E-state index in [1.54, 1.807) is 18.2 Å². The second kappa shape index (κ2) is 2.77. The number of halogens is 1. The molecule has 1 saturated carbocycles. The Bertz CT molecular complexity index is 528. The number of anilines is 1. The molecule has 82 valence electrons. The van der Waals surface area contributed by atoms with Crippen molar-refractivity contribution < 1.29 is 14.7 Å². The van der Waals surface area contributed by atoms with Crippen LogP contribution in [-0.4, -0.2) is 17.0 Å². The van der Waals surface area contributed by atoms with Gasteiger partial charge in [0, 0.05) is 10.7 Å². The van der Waals surface area contributed by atoms with Crippen molar-refractivity contribution in [3.05, 3.63) is 28.8 Å². The fourth-order valence-electron chi connectivity index (χ4n) is 2.47. The van der Waals surface area contributed by atoms with E-state index in [1.807, 2.05) is 0 Å². The molecule has 1 aromatic rings. The van der Waals surface area contributed by atoms with Gasteiger partial charge in [0.2, 0.25) is 5.91 Å². The topological polar surface area (TPSA) is 66.4 Å². The number of carboxylic acid groups (broad SMARTS) is 1. The number of fused-ring (bicyclic) bond motifs is 2. The van der Waals surface area contributed by atoms with Gasteiger partial charge in [0.25, 0.3) is 0 Å².